The van der Waals surface area contributed by atoms with Gasteiger partial charge in [-0.25, -0.2) is 0 Å². The summed E-state index contributed by atoms with van der Waals surface area (Å²) in [7, 11) is 0. The van der Waals surface area contributed by atoms with Gasteiger partial charge in [-0.2, -0.15) is 5.10 Å². The Bertz CT molecular complexity index is 528. The Labute approximate surface area is 128 Å². The Hall–Kier alpha value is -1.61. The van der Waals surface area contributed by atoms with Crippen molar-refractivity contribution in [2.24, 2.45) is 0 Å². The molecule has 0 aliphatic rings. The second-order valence-electron chi connectivity index (χ2n) is 5.73. The molecule has 3 nitrogen and oxygen atoms in total. The monoisotopic (exact) mass is 285 g/mol. The molecule has 21 heavy (non-hydrogen) atoms. The Morgan fingerprint density at radius 3 is 2.57 bits per heavy atom. The third-order valence-electron chi connectivity index (χ3n) is 3.71. The largest absolute Gasteiger partial charge is 0.310 e. The maximum Gasteiger partial charge on any atom is 0.0537 e. The molecule has 0 aliphatic heterocycles. The Morgan fingerprint density at radius 1 is 1.14 bits per heavy atom. The highest BCUT2D eigenvalue weighted by Crippen LogP contribution is 2.18. The summed E-state index contributed by atoms with van der Waals surface area (Å²) in [6.07, 6.45) is 7.47. The van der Waals surface area contributed by atoms with Crippen LogP contribution in [0.1, 0.15) is 49.4 Å². The summed E-state index contributed by atoms with van der Waals surface area (Å²) in [6.45, 7) is 8.54. The molecule has 1 unspecified atom stereocenters. The van der Waals surface area contributed by atoms with Gasteiger partial charge in [0.1, 0.15) is 0 Å². The minimum atomic E-state index is 0.346. The van der Waals surface area contributed by atoms with E-state index in [0.29, 0.717) is 6.04 Å². The lowest BCUT2D eigenvalue weighted by Crippen LogP contribution is -2.23. The summed E-state index contributed by atoms with van der Waals surface area (Å²) in [5.41, 5.74) is 3.97. The van der Waals surface area contributed by atoms with Crippen molar-refractivity contribution in [1.29, 1.82) is 0 Å². The van der Waals surface area contributed by atoms with E-state index in [1.54, 1.807) is 0 Å². The number of benzene rings is 1. The van der Waals surface area contributed by atoms with E-state index < -0.39 is 0 Å². The molecule has 1 N–H and O–H groups in total. The highest BCUT2D eigenvalue weighted by Gasteiger charge is 2.13. The molecule has 0 aliphatic carbocycles. The van der Waals surface area contributed by atoms with Crippen LogP contribution in [-0.4, -0.2) is 16.3 Å². The Morgan fingerprint density at radius 2 is 1.90 bits per heavy atom. The molecule has 0 radical (unpaired) electrons. The molecule has 0 bridgehead atoms. The summed E-state index contributed by atoms with van der Waals surface area (Å²) < 4.78 is 2.05. The Kier molecular flexibility index (Phi) is 6.00. The van der Waals surface area contributed by atoms with Crippen molar-refractivity contribution in [3.63, 3.8) is 0 Å². The molecule has 1 atom stereocenters. The molecular formula is C18H27N3. The van der Waals surface area contributed by atoms with Gasteiger partial charge in [-0.1, -0.05) is 43.7 Å². The third-order valence-corrected chi connectivity index (χ3v) is 3.71. The summed E-state index contributed by atoms with van der Waals surface area (Å²) in [5, 5.41) is 8.12. The second-order valence-corrected chi connectivity index (χ2v) is 5.73. The van der Waals surface area contributed by atoms with Crippen LogP contribution in [0.4, 0.5) is 0 Å². The van der Waals surface area contributed by atoms with Crippen LogP contribution in [-0.2, 0) is 13.0 Å². The molecule has 3 heteroatoms. The van der Waals surface area contributed by atoms with Crippen molar-refractivity contribution in [1.82, 2.24) is 15.1 Å². The van der Waals surface area contributed by atoms with Crippen LogP contribution < -0.4 is 5.32 Å². The average molecular weight is 285 g/mol. The molecule has 1 heterocycles. The predicted molar refractivity (Wildman–Crippen MR) is 88.4 cm³/mol. The van der Waals surface area contributed by atoms with Gasteiger partial charge < -0.3 is 5.32 Å². The van der Waals surface area contributed by atoms with Crippen molar-refractivity contribution >= 4 is 0 Å². The quantitative estimate of drug-likeness (QED) is 0.797. The van der Waals surface area contributed by atoms with Crippen LogP contribution in [0.5, 0.6) is 0 Å². The van der Waals surface area contributed by atoms with Gasteiger partial charge in [0.2, 0.25) is 0 Å². The molecule has 0 amide bonds. The SMILES string of the molecule is CCCNC(Cc1ccc(C)cc1)c1cnn(CCC)c1. The first-order valence-corrected chi connectivity index (χ1v) is 8.04. The fraction of sp³-hybridized carbons (Fsp3) is 0.500. The van der Waals surface area contributed by atoms with E-state index in [9.17, 15) is 0 Å². The molecule has 0 spiro atoms. The first-order chi connectivity index (χ1) is 10.2. The zero-order valence-corrected chi connectivity index (χ0v) is 13.5. The van der Waals surface area contributed by atoms with E-state index in [1.807, 2.05) is 10.9 Å². The van der Waals surface area contributed by atoms with Gasteiger partial charge in [0.25, 0.3) is 0 Å². The highest BCUT2D eigenvalue weighted by molar-refractivity contribution is 5.24. The smallest absolute Gasteiger partial charge is 0.0537 e. The Balaban J connectivity index is 2.10. The van der Waals surface area contributed by atoms with Crippen molar-refractivity contribution in [3.8, 4) is 0 Å². The standard InChI is InChI=1S/C18H27N3/c1-4-10-19-18(12-16-8-6-15(3)7-9-16)17-13-20-21(14-17)11-5-2/h6-9,13-14,18-19H,4-5,10-12H2,1-3H3. The summed E-state index contributed by atoms with van der Waals surface area (Å²) in [5.74, 6) is 0. The van der Waals surface area contributed by atoms with Gasteiger partial charge in [0, 0.05) is 24.3 Å². The van der Waals surface area contributed by atoms with Gasteiger partial charge in [0.05, 0.1) is 6.20 Å². The number of rotatable bonds is 8. The second kappa shape index (κ2) is 7.99. The maximum atomic E-state index is 4.47. The molecular weight excluding hydrogens is 258 g/mol. The van der Waals surface area contributed by atoms with Crippen LogP contribution in [0, 0.1) is 6.92 Å². The summed E-state index contributed by atoms with van der Waals surface area (Å²) >= 11 is 0. The third kappa shape index (κ3) is 4.71. The highest BCUT2D eigenvalue weighted by atomic mass is 15.3. The number of hydrogen-bond acceptors (Lipinski definition) is 2. The maximum absolute atomic E-state index is 4.47. The topological polar surface area (TPSA) is 29.9 Å². The number of hydrogen-bond donors (Lipinski definition) is 1. The lowest BCUT2D eigenvalue weighted by Gasteiger charge is -2.17. The fourth-order valence-electron chi connectivity index (χ4n) is 2.50. The van der Waals surface area contributed by atoms with Gasteiger partial charge in [-0.15, -0.1) is 0 Å². The van der Waals surface area contributed by atoms with Crippen LogP contribution in [0.2, 0.25) is 0 Å². The van der Waals surface area contributed by atoms with Crippen LogP contribution in [0.25, 0.3) is 0 Å². The molecule has 0 saturated carbocycles. The molecule has 1 aromatic carbocycles. The van der Waals surface area contributed by atoms with E-state index >= 15 is 0 Å². The lowest BCUT2D eigenvalue weighted by molar-refractivity contribution is 0.527. The summed E-state index contributed by atoms with van der Waals surface area (Å²) in [4.78, 5) is 0. The fourth-order valence-corrected chi connectivity index (χ4v) is 2.50. The van der Waals surface area contributed by atoms with E-state index in [2.05, 4.69) is 61.6 Å². The van der Waals surface area contributed by atoms with Crippen LogP contribution >= 0.6 is 0 Å². The van der Waals surface area contributed by atoms with E-state index in [4.69, 9.17) is 0 Å². The lowest BCUT2D eigenvalue weighted by atomic mass is 10.0. The number of aromatic nitrogens is 2. The number of aryl methyl sites for hydroxylation is 2. The van der Waals surface area contributed by atoms with Gasteiger partial charge in [-0.3, -0.25) is 4.68 Å². The van der Waals surface area contributed by atoms with Gasteiger partial charge in [-0.05, 0) is 38.3 Å². The van der Waals surface area contributed by atoms with E-state index in [0.717, 1.165) is 32.4 Å². The number of nitrogens with zero attached hydrogens (tertiary/aromatic N) is 2. The molecule has 1 aromatic heterocycles. The number of nitrogens with one attached hydrogen (secondary N) is 1. The predicted octanol–water partition coefficient (Wildman–Crippen LogP) is 3.88. The van der Waals surface area contributed by atoms with Crippen molar-refractivity contribution in [2.45, 2.75) is 52.6 Å². The normalized spacial score (nSPS) is 12.5. The van der Waals surface area contributed by atoms with Crippen molar-refractivity contribution < 1.29 is 0 Å². The summed E-state index contributed by atoms with van der Waals surface area (Å²) in [6, 6.07) is 9.18. The molecule has 2 rings (SSSR count). The van der Waals surface area contributed by atoms with E-state index in [-0.39, 0.29) is 0 Å². The first kappa shape index (κ1) is 15.8. The molecule has 2 aromatic rings. The minimum absolute atomic E-state index is 0.346. The van der Waals surface area contributed by atoms with Crippen molar-refractivity contribution in [3.05, 3.63) is 53.3 Å². The van der Waals surface area contributed by atoms with Crippen LogP contribution in [0.3, 0.4) is 0 Å². The zero-order chi connectivity index (χ0) is 15.1. The van der Waals surface area contributed by atoms with Gasteiger partial charge in [0.15, 0.2) is 0 Å². The average Bonchev–Trinajstić information content (AvgIpc) is 2.94. The first-order valence-electron chi connectivity index (χ1n) is 8.04. The van der Waals surface area contributed by atoms with Gasteiger partial charge >= 0.3 is 0 Å². The molecule has 114 valence electrons. The molecule has 0 saturated heterocycles. The van der Waals surface area contributed by atoms with Crippen molar-refractivity contribution in [2.75, 3.05) is 6.54 Å². The zero-order valence-electron chi connectivity index (χ0n) is 13.5. The van der Waals surface area contributed by atoms with E-state index in [1.165, 1.54) is 16.7 Å². The minimum Gasteiger partial charge on any atom is -0.310 e. The van der Waals surface area contributed by atoms with Crippen LogP contribution in [0.15, 0.2) is 36.7 Å². The molecule has 0 fully saturated rings.